The fourth-order valence-corrected chi connectivity index (χ4v) is 2.76. The van der Waals surface area contributed by atoms with Gasteiger partial charge < -0.3 is 0 Å². The summed E-state index contributed by atoms with van der Waals surface area (Å²) in [6.45, 7) is 4.50. The summed E-state index contributed by atoms with van der Waals surface area (Å²) >= 11 is 0. The van der Waals surface area contributed by atoms with E-state index in [-0.39, 0.29) is 0 Å². The first kappa shape index (κ1) is 11.5. The van der Waals surface area contributed by atoms with Crippen LogP contribution < -0.4 is 0 Å². The van der Waals surface area contributed by atoms with Crippen molar-refractivity contribution in [3.05, 3.63) is 71.3 Å². The Bertz CT molecular complexity index is 507. The summed E-state index contributed by atoms with van der Waals surface area (Å²) in [6.07, 6.45) is 1.31. The fraction of sp³-hybridized carbons (Fsp3) is 0.333. The molecular formula is C18H20. The molecule has 2 aromatic rings. The van der Waals surface area contributed by atoms with Gasteiger partial charge in [-0.25, -0.2) is 0 Å². The summed E-state index contributed by atoms with van der Waals surface area (Å²) in [5, 5.41) is 0. The molecule has 1 aliphatic carbocycles. The van der Waals surface area contributed by atoms with Crippen LogP contribution in [0.3, 0.4) is 0 Å². The van der Waals surface area contributed by atoms with Crippen molar-refractivity contribution < 1.29 is 0 Å². The molecule has 0 amide bonds. The predicted molar refractivity (Wildman–Crippen MR) is 77.1 cm³/mol. The third kappa shape index (κ3) is 2.20. The van der Waals surface area contributed by atoms with Gasteiger partial charge in [0.2, 0.25) is 0 Å². The maximum atomic E-state index is 2.32. The molecule has 3 rings (SSSR count). The van der Waals surface area contributed by atoms with Crippen LogP contribution in [-0.4, -0.2) is 0 Å². The van der Waals surface area contributed by atoms with Crippen LogP contribution in [0.4, 0.5) is 0 Å². The maximum Gasteiger partial charge on any atom is -0.00868 e. The Balaban J connectivity index is 1.75. The number of rotatable bonds is 3. The molecule has 0 bridgehead atoms. The molecule has 0 aliphatic heterocycles. The second-order valence-electron chi connectivity index (χ2n) is 5.68. The molecule has 1 aliphatic rings. The van der Waals surface area contributed by atoms with Gasteiger partial charge >= 0.3 is 0 Å². The predicted octanol–water partition coefficient (Wildman–Crippen LogP) is 5.08. The fourth-order valence-electron chi connectivity index (χ4n) is 2.76. The summed E-state index contributed by atoms with van der Waals surface area (Å²) in [5.74, 6) is 2.12. The van der Waals surface area contributed by atoms with Crippen molar-refractivity contribution in [1.29, 1.82) is 0 Å². The molecule has 0 heterocycles. The lowest BCUT2D eigenvalue weighted by atomic mass is 9.99. The van der Waals surface area contributed by atoms with E-state index in [0.717, 1.165) is 11.8 Å². The third-order valence-corrected chi connectivity index (χ3v) is 4.05. The van der Waals surface area contributed by atoms with E-state index >= 15 is 0 Å². The summed E-state index contributed by atoms with van der Waals surface area (Å²) in [6, 6.07) is 20.1. The second kappa shape index (κ2) is 4.61. The highest BCUT2D eigenvalue weighted by molar-refractivity contribution is 5.37. The molecule has 1 fully saturated rings. The Morgan fingerprint density at radius 3 is 1.89 bits per heavy atom. The first-order valence-corrected chi connectivity index (χ1v) is 6.90. The molecule has 2 atom stereocenters. The molecule has 0 heteroatoms. The lowest BCUT2D eigenvalue weighted by Crippen LogP contribution is -1.89. The average molecular weight is 236 g/mol. The number of hydrogen-bond acceptors (Lipinski definition) is 0. The van der Waals surface area contributed by atoms with Crippen LogP contribution >= 0.6 is 0 Å². The Morgan fingerprint density at radius 2 is 1.33 bits per heavy atom. The van der Waals surface area contributed by atoms with Crippen molar-refractivity contribution in [3.63, 3.8) is 0 Å². The average Bonchev–Trinajstić information content (AvgIpc) is 3.20. The van der Waals surface area contributed by atoms with Crippen LogP contribution in [0.5, 0.6) is 0 Å². The van der Waals surface area contributed by atoms with Crippen molar-refractivity contribution in [2.75, 3.05) is 0 Å². The highest BCUT2D eigenvalue weighted by Crippen LogP contribution is 2.54. The maximum absolute atomic E-state index is 2.32. The van der Waals surface area contributed by atoms with E-state index in [9.17, 15) is 0 Å². The molecule has 2 unspecified atom stereocenters. The van der Waals surface area contributed by atoms with Gasteiger partial charge in [0.15, 0.2) is 0 Å². The minimum atomic E-state index is 0.628. The number of hydrogen-bond donors (Lipinski definition) is 0. The molecule has 92 valence electrons. The monoisotopic (exact) mass is 236 g/mol. The van der Waals surface area contributed by atoms with E-state index in [0.29, 0.717) is 5.92 Å². The van der Waals surface area contributed by atoms with Gasteiger partial charge in [-0.1, -0.05) is 68.4 Å². The second-order valence-corrected chi connectivity index (χ2v) is 5.68. The van der Waals surface area contributed by atoms with E-state index in [1.54, 1.807) is 0 Å². The normalized spacial score (nSPS) is 22.2. The van der Waals surface area contributed by atoms with E-state index in [2.05, 4.69) is 68.4 Å². The first-order valence-electron chi connectivity index (χ1n) is 6.90. The molecule has 0 radical (unpaired) electrons. The zero-order valence-electron chi connectivity index (χ0n) is 11.1. The van der Waals surface area contributed by atoms with Crippen molar-refractivity contribution >= 4 is 0 Å². The Labute approximate surface area is 110 Å². The van der Waals surface area contributed by atoms with Crippen LogP contribution in [0.15, 0.2) is 54.6 Å². The Hall–Kier alpha value is -1.56. The minimum absolute atomic E-state index is 0.628. The highest BCUT2D eigenvalue weighted by atomic mass is 14.4. The van der Waals surface area contributed by atoms with Crippen LogP contribution in [-0.2, 0) is 0 Å². The van der Waals surface area contributed by atoms with Crippen LogP contribution in [0.1, 0.15) is 54.7 Å². The van der Waals surface area contributed by atoms with Crippen LogP contribution in [0, 0.1) is 0 Å². The molecule has 0 spiro atoms. The summed E-state index contributed by atoms with van der Waals surface area (Å²) in [4.78, 5) is 0. The van der Waals surface area contributed by atoms with E-state index in [1.807, 2.05) is 0 Å². The van der Waals surface area contributed by atoms with Gasteiger partial charge in [-0.3, -0.25) is 0 Å². The van der Waals surface area contributed by atoms with E-state index < -0.39 is 0 Å². The molecule has 18 heavy (non-hydrogen) atoms. The number of benzene rings is 2. The minimum Gasteiger partial charge on any atom is -0.0622 e. The largest absolute Gasteiger partial charge is 0.0622 e. The molecule has 0 nitrogen and oxygen atoms in total. The van der Waals surface area contributed by atoms with E-state index in [1.165, 1.54) is 23.1 Å². The van der Waals surface area contributed by atoms with Gasteiger partial charge in [0.05, 0.1) is 0 Å². The van der Waals surface area contributed by atoms with Gasteiger partial charge in [-0.05, 0) is 40.9 Å². The zero-order chi connectivity index (χ0) is 12.5. The van der Waals surface area contributed by atoms with E-state index in [4.69, 9.17) is 0 Å². The lowest BCUT2D eigenvalue weighted by molar-refractivity contribution is 0.864. The smallest absolute Gasteiger partial charge is 0.00868 e. The topological polar surface area (TPSA) is 0 Å². The SMILES string of the molecule is CC(C)c1ccc(C2CC2c2ccccc2)cc1. The molecule has 0 aromatic heterocycles. The summed E-state index contributed by atoms with van der Waals surface area (Å²) in [7, 11) is 0. The summed E-state index contributed by atoms with van der Waals surface area (Å²) in [5.41, 5.74) is 4.44. The zero-order valence-corrected chi connectivity index (χ0v) is 11.1. The lowest BCUT2D eigenvalue weighted by Gasteiger charge is -2.07. The highest BCUT2D eigenvalue weighted by Gasteiger charge is 2.39. The van der Waals surface area contributed by atoms with Crippen molar-refractivity contribution in [3.8, 4) is 0 Å². The standard InChI is InChI=1S/C18H20/c1-13(2)14-8-10-16(11-9-14)18-12-17(18)15-6-4-3-5-7-15/h3-11,13,17-18H,12H2,1-2H3. The quantitative estimate of drug-likeness (QED) is 0.697. The molecule has 0 saturated heterocycles. The summed E-state index contributed by atoms with van der Waals surface area (Å²) < 4.78 is 0. The first-order chi connectivity index (χ1) is 8.75. The Morgan fingerprint density at radius 1 is 0.778 bits per heavy atom. The van der Waals surface area contributed by atoms with Gasteiger partial charge in [0.1, 0.15) is 0 Å². The van der Waals surface area contributed by atoms with Gasteiger partial charge in [0.25, 0.3) is 0 Å². The molecule has 1 saturated carbocycles. The van der Waals surface area contributed by atoms with Gasteiger partial charge in [-0.2, -0.15) is 0 Å². The van der Waals surface area contributed by atoms with Crippen LogP contribution in [0.2, 0.25) is 0 Å². The molecular weight excluding hydrogens is 216 g/mol. The molecule has 0 N–H and O–H groups in total. The van der Waals surface area contributed by atoms with Gasteiger partial charge in [0, 0.05) is 0 Å². The van der Waals surface area contributed by atoms with Crippen molar-refractivity contribution in [2.45, 2.75) is 38.0 Å². The van der Waals surface area contributed by atoms with Crippen molar-refractivity contribution in [1.82, 2.24) is 0 Å². The molecule has 2 aromatic carbocycles. The Kier molecular flexibility index (Phi) is 2.95. The van der Waals surface area contributed by atoms with Crippen LogP contribution in [0.25, 0.3) is 0 Å². The van der Waals surface area contributed by atoms with Crippen molar-refractivity contribution in [2.24, 2.45) is 0 Å². The third-order valence-electron chi connectivity index (χ3n) is 4.05. The van der Waals surface area contributed by atoms with Gasteiger partial charge in [-0.15, -0.1) is 0 Å².